The third kappa shape index (κ3) is 4.41. The highest BCUT2D eigenvalue weighted by atomic mass is 16.5. The minimum Gasteiger partial charge on any atom is -0.466 e. The average molecular weight is 298 g/mol. The molecule has 120 valence electrons. The van der Waals surface area contributed by atoms with Crippen LogP contribution in [0, 0.1) is 5.92 Å². The van der Waals surface area contributed by atoms with Crippen molar-refractivity contribution < 1.29 is 19.1 Å². The molecule has 0 unspecified atom stereocenters. The lowest BCUT2D eigenvalue weighted by Crippen LogP contribution is -2.44. The Labute approximate surface area is 125 Å². The zero-order chi connectivity index (χ0) is 15.2. The van der Waals surface area contributed by atoms with Crippen molar-refractivity contribution in [2.75, 3.05) is 13.2 Å². The quantitative estimate of drug-likeness (QED) is 0.730. The predicted molar refractivity (Wildman–Crippen MR) is 77.5 cm³/mol. The predicted octanol–water partition coefficient (Wildman–Crippen LogP) is 0.731. The van der Waals surface area contributed by atoms with Gasteiger partial charge in [-0.2, -0.15) is 0 Å². The molecule has 6 heteroatoms. The van der Waals surface area contributed by atoms with Crippen molar-refractivity contribution in [1.29, 1.82) is 0 Å². The van der Waals surface area contributed by atoms with Crippen LogP contribution in [0.5, 0.6) is 0 Å². The Balaban J connectivity index is 1.71. The van der Waals surface area contributed by atoms with Crippen molar-refractivity contribution in [3.8, 4) is 0 Å². The highest BCUT2D eigenvalue weighted by Crippen LogP contribution is 2.26. The van der Waals surface area contributed by atoms with E-state index >= 15 is 0 Å². The molecule has 0 aromatic rings. The zero-order valence-electron chi connectivity index (χ0n) is 12.7. The topological polar surface area (TPSA) is 90.7 Å². The molecular weight excluding hydrogens is 272 g/mol. The van der Waals surface area contributed by atoms with Gasteiger partial charge in [-0.05, 0) is 45.4 Å². The van der Waals surface area contributed by atoms with Crippen LogP contribution in [0.3, 0.4) is 0 Å². The van der Waals surface area contributed by atoms with E-state index in [2.05, 4.69) is 5.32 Å². The fourth-order valence-electron chi connectivity index (χ4n) is 3.10. The first-order chi connectivity index (χ1) is 10.1. The summed E-state index contributed by atoms with van der Waals surface area (Å²) in [6.45, 7) is 2.71. The van der Waals surface area contributed by atoms with E-state index in [1.165, 1.54) is 0 Å². The monoisotopic (exact) mass is 298 g/mol. The normalized spacial score (nSPS) is 32.7. The largest absolute Gasteiger partial charge is 0.466 e. The van der Waals surface area contributed by atoms with E-state index in [-0.39, 0.29) is 36.0 Å². The molecule has 2 rings (SSSR count). The highest BCUT2D eigenvalue weighted by Gasteiger charge is 2.33. The minimum atomic E-state index is -0.360. The van der Waals surface area contributed by atoms with Crippen molar-refractivity contribution >= 4 is 11.9 Å². The highest BCUT2D eigenvalue weighted by molar-refractivity contribution is 5.81. The van der Waals surface area contributed by atoms with Gasteiger partial charge >= 0.3 is 5.97 Å². The van der Waals surface area contributed by atoms with Crippen LogP contribution in [0.4, 0.5) is 0 Å². The standard InChI is InChI=1S/C15H26N2O4/c1-2-20-15(19)10-3-5-11(6-4-10)17-14(18)13-8-7-12(9-16)21-13/h10-13H,2-9,16H2,1H3,(H,17,18)/t10?,11?,12-,13+/m1/s1. The van der Waals surface area contributed by atoms with Gasteiger partial charge in [-0.3, -0.25) is 9.59 Å². The van der Waals surface area contributed by atoms with Crippen molar-refractivity contribution in [2.24, 2.45) is 11.7 Å². The molecule has 0 radical (unpaired) electrons. The molecular formula is C15H26N2O4. The first-order valence-electron chi connectivity index (χ1n) is 7.96. The number of carbonyl (C=O) groups is 2. The van der Waals surface area contributed by atoms with E-state index in [1.807, 2.05) is 6.92 Å². The van der Waals surface area contributed by atoms with Crippen LogP contribution in [-0.2, 0) is 19.1 Å². The Morgan fingerprint density at radius 3 is 2.48 bits per heavy atom. The maximum atomic E-state index is 12.1. The fraction of sp³-hybridized carbons (Fsp3) is 0.867. The van der Waals surface area contributed by atoms with Crippen LogP contribution in [0.1, 0.15) is 45.4 Å². The number of esters is 1. The van der Waals surface area contributed by atoms with Gasteiger partial charge < -0.3 is 20.5 Å². The second-order valence-electron chi connectivity index (χ2n) is 5.87. The van der Waals surface area contributed by atoms with Crippen molar-refractivity contribution in [2.45, 2.75) is 63.7 Å². The van der Waals surface area contributed by atoms with Crippen molar-refractivity contribution in [3.63, 3.8) is 0 Å². The number of nitrogens with two attached hydrogens (primary N) is 1. The number of nitrogens with one attached hydrogen (secondary N) is 1. The van der Waals surface area contributed by atoms with Crippen molar-refractivity contribution in [1.82, 2.24) is 5.32 Å². The molecule has 3 N–H and O–H groups in total. The van der Waals surface area contributed by atoms with E-state index in [4.69, 9.17) is 15.2 Å². The third-order valence-corrected chi connectivity index (χ3v) is 4.36. The molecule has 1 aliphatic heterocycles. The van der Waals surface area contributed by atoms with Gasteiger partial charge in [0, 0.05) is 12.6 Å². The minimum absolute atomic E-state index is 0.0116. The van der Waals surface area contributed by atoms with Gasteiger partial charge in [0.05, 0.1) is 18.6 Å². The molecule has 2 fully saturated rings. The van der Waals surface area contributed by atoms with E-state index in [1.54, 1.807) is 0 Å². The molecule has 0 spiro atoms. The molecule has 6 nitrogen and oxygen atoms in total. The number of ether oxygens (including phenoxy) is 2. The SMILES string of the molecule is CCOC(=O)C1CCC(NC(=O)[C@@H]2CC[C@H](CN)O2)CC1. The van der Waals surface area contributed by atoms with Crippen LogP contribution in [-0.4, -0.2) is 43.3 Å². The van der Waals surface area contributed by atoms with Gasteiger partial charge in [-0.15, -0.1) is 0 Å². The molecule has 1 aliphatic carbocycles. The van der Waals surface area contributed by atoms with Gasteiger partial charge in [0.15, 0.2) is 0 Å². The van der Waals surface area contributed by atoms with Gasteiger partial charge in [-0.1, -0.05) is 0 Å². The Morgan fingerprint density at radius 2 is 1.90 bits per heavy atom. The fourth-order valence-corrected chi connectivity index (χ4v) is 3.10. The number of rotatable bonds is 5. The first kappa shape index (κ1) is 16.2. The van der Waals surface area contributed by atoms with Crippen LogP contribution < -0.4 is 11.1 Å². The van der Waals surface area contributed by atoms with E-state index < -0.39 is 0 Å². The number of carbonyl (C=O) groups excluding carboxylic acids is 2. The molecule has 2 aliphatic rings. The van der Waals surface area contributed by atoms with E-state index in [0.717, 1.165) is 38.5 Å². The summed E-state index contributed by atoms with van der Waals surface area (Å²) < 4.78 is 10.6. The maximum Gasteiger partial charge on any atom is 0.308 e. The lowest BCUT2D eigenvalue weighted by atomic mass is 9.86. The number of amides is 1. The van der Waals surface area contributed by atoms with Crippen LogP contribution >= 0.6 is 0 Å². The maximum absolute atomic E-state index is 12.1. The van der Waals surface area contributed by atoms with Crippen LogP contribution in [0.25, 0.3) is 0 Å². The Hall–Kier alpha value is -1.14. The molecule has 1 heterocycles. The Kier molecular flexibility index (Phi) is 5.99. The molecule has 1 saturated carbocycles. The summed E-state index contributed by atoms with van der Waals surface area (Å²) in [4.78, 5) is 23.8. The second-order valence-corrected chi connectivity index (χ2v) is 5.87. The van der Waals surface area contributed by atoms with Gasteiger partial charge in [0.2, 0.25) is 5.91 Å². The lowest BCUT2D eigenvalue weighted by molar-refractivity contribution is -0.149. The molecule has 0 aromatic heterocycles. The van der Waals surface area contributed by atoms with Gasteiger partial charge in [0.25, 0.3) is 0 Å². The first-order valence-corrected chi connectivity index (χ1v) is 7.96. The Morgan fingerprint density at radius 1 is 1.19 bits per heavy atom. The summed E-state index contributed by atoms with van der Waals surface area (Å²) >= 11 is 0. The molecule has 2 atom stereocenters. The van der Waals surface area contributed by atoms with Gasteiger partial charge in [-0.25, -0.2) is 0 Å². The van der Waals surface area contributed by atoms with Crippen molar-refractivity contribution in [3.05, 3.63) is 0 Å². The van der Waals surface area contributed by atoms with Crippen LogP contribution in [0.2, 0.25) is 0 Å². The number of hydrogen-bond acceptors (Lipinski definition) is 5. The summed E-state index contributed by atoms with van der Waals surface area (Å²) in [7, 11) is 0. The summed E-state index contributed by atoms with van der Waals surface area (Å²) in [6, 6.07) is 0.142. The zero-order valence-corrected chi connectivity index (χ0v) is 12.7. The molecule has 1 saturated heterocycles. The Bertz CT molecular complexity index is 367. The smallest absolute Gasteiger partial charge is 0.308 e. The lowest BCUT2D eigenvalue weighted by Gasteiger charge is -2.28. The van der Waals surface area contributed by atoms with E-state index in [0.29, 0.717) is 13.2 Å². The molecule has 0 aromatic carbocycles. The molecule has 21 heavy (non-hydrogen) atoms. The summed E-state index contributed by atoms with van der Waals surface area (Å²) in [6.07, 6.45) is 4.45. The van der Waals surface area contributed by atoms with Gasteiger partial charge in [0.1, 0.15) is 6.10 Å². The molecule has 1 amide bonds. The van der Waals surface area contributed by atoms with E-state index in [9.17, 15) is 9.59 Å². The summed E-state index contributed by atoms with van der Waals surface area (Å²) in [5.74, 6) is -0.153. The third-order valence-electron chi connectivity index (χ3n) is 4.36. The second kappa shape index (κ2) is 7.75. The number of hydrogen-bond donors (Lipinski definition) is 2. The average Bonchev–Trinajstić information content (AvgIpc) is 2.97. The van der Waals surface area contributed by atoms with Crippen LogP contribution in [0.15, 0.2) is 0 Å². The summed E-state index contributed by atoms with van der Waals surface area (Å²) in [5, 5.41) is 3.04. The summed E-state index contributed by atoms with van der Waals surface area (Å²) in [5.41, 5.74) is 5.55. The molecule has 0 bridgehead atoms.